The Morgan fingerprint density at radius 2 is 1.90 bits per heavy atom. The van der Waals surface area contributed by atoms with Gasteiger partial charge in [0.05, 0.1) is 22.5 Å². The molecule has 2 aromatic carbocycles. The highest BCUT2D eigenvalue weighted by Crippen LogP contribution is 2.39. The van der Waals surface area contributed by atoms with Crippen LogP contribution in [0.1, 0.15) is 18.1 Å². The summed E-state index contributed by atoms with van der Waals surface area (Å²) in [5, 5.41) is -0.372. The number of amides is 2. The molecule has 0 aromatic heterocycles. The van der Waals surface area contributed by atoms with Gasteiger partial charge in [-0.1, -0.05) is 34.0 Å². The average molecular weight is 551 g/mol. The number of imide groups is 1. The van der Waals surface area contributed by atoms with Gasteiger partial charge in [-0.2, -0.15) is 0 Å². The Bertz CT molecular complexity index is 1040. The molecule has 8 heteroatoms. The van der Waals surface area contributed by atoms with Crippen LogP contribution in [0.25, 0.3) is 6.08 Å². The van der Waals surface area contributed by atoms with Crippen molar-refractivity contribution < 1.29 is 19.1 Å². The quantitative estimate of drug-likeness (QED) is 0.319. The molecule has 0 spiro atoms. The van der Waals surface area contributed by atoms with E-state index in [1.54, 1.807) is 12.1 Å². The molecule has 0 aliphatic carbocycles. The third kappa shape index (κ3) is 5.28. The summed E-state index contributed by atoms with van der Waals surface area (Å²) in [6, 6.07) is 11.4. The molecule has 1 saturated heterocycles. The predicted octanol–water partition coefficient (Wildman–Crippen LogP) is 5.86. The molecule has 0 saturated carbocycles. The van der Waals surface area contributed by atoms with Crippen molar-refractivity contribution in [3.8, 4) is 23.8 Å². The first-order chi connectivity index (χ1) is 14.4. The number of thioether (sulfide) groups is 1. The molecule has 1 fully saturated rings. The maximum absolute atomic E-state index is 12.4. The van der Waals surface area contributed by atoms with E-state index in [9.17, 15) is 9.59 Å². The first kappa shape index (κ1) is 22.5. The Morgan fingerprint density at radius 3 is 2.57 bits per heavy atom. The number of terminal acetylenes is 1. The van der Waals surface area contributed by atoms with Crippen LogP contribution in [0.2, 0.25) is 0 Å². The van der Waals surface area contributed by atoms with Crippen LogP contribution in [0, 0.1) is 12.3 Å². The van der Waals surface area contributed by atoms with E-state index >= 15 is 0 Å². The number of hydrogen-bond donors (Lipinski definition) is 0. The van der Waals surface area contributed by atoms with Crippen LogP contribution in [0.4, 0.5) is 4.79 Å². The van der Waals surface area contributed by atoms with Gasteiger partial charge in [0.1, 0.15) is 6.61 Å². The van der Waals surface area contributed by atoms with Gasteiger partial charge in [0.15, 0.2) is 11.5 Å². The number of hydrogen-bond acceptors (Lipinski definition) is 5. The van der Waals surface area contributed by atoms with E-state index < -0.39 is 5.91 Å². The second kappa shape index (κ2) is 10.2. The van der Waals surface area contributed by atoms with Gasteiger partial charge in [0, 0.05) is 4.47 Å². The molecule has 5 nitrogen and oxygen atoms in total. The standard InChI is InChI=1S/C22H17Br2NO4S/c1-3-9-25-21(26)19(30-22(25)27)12-15-10-17(24)20(18(11-15)28-4-2)29-13-14-5-7-16(23)8-6-14/h1,5-8,10-12H,4,9,13H2,2H3/b19-12+. The molecule has 1 heterocycles. The van der Waals surface area contributed by atoms with E-state index in [0.717, 1.165) is 26.7 Å². The maximum Gasteiger partial charge on any atom is 0.294 e. The van der Waals surface area contributed by atoms with Crippen molar-refractivity contribution in [1.82, 2.24) is 4.90 Å². The molecule has 30 heavy (non-hydrogen) atoms. The van der Waals surface area contributed by atoms with E-state index in [4.69, 9.17) is 15.9 Å². The third-order valence-electron chi connectivity index (χ3n) is 4.05. The van der Waals surface area contributed by atoms with Crippen molar-refractivity contribution >= 4 is 60.8 Å². The summed E-state index contributed by atoms with van der Waals surface area (Å²) in [7, 11) is 0. The van der Waals surface area contributed by atoms with Crippen molar-refractivity contribution in [2.75, 3.05) is 13.2 Å². The van der Waals surface area contributed by atoms with Gasteiger partial charge in [-0.25, -0.2) is 0 Å². The molecule has 0 radical (unpaired) electrons. The smallest absolute Gasteiger partial charge is 0.294 e. The Hall–Kier alpha value is -2.21. The van der Waals surface area contributed by atoms with Crippen molar-refractivity contribution in [1.29, 1.82) is 0 Å². The van der Waals surface area contributed by atoms with Crippen LogP contribution >= 0.6 is 43.6 Å². The molecule has 0 atom stereocenters. The van der Waals surface area contributed by atoms with Crippen LogP contribution in [0.3, 0.4) is 0 Å². The second-order valence-corrected chi connectivity index (χ2v) is 8.91. The van der Waals surface area contributed by atoms with Gasteiger partial charge < -0.3 is 9.47 Å². The molecule has 1 aliphatic rings. The van der Waals surface area contributed by atoms with Gasteiger partial charge in [-0.3, -0.25) is 14.5 Å². The van der Waals surface area contributed by atoms with Crippen LogP contribution in [-0.2, 0) is 11.4 Å². The lowest BCUT2D eigenvalue weighted by Crippen LogP contribution is -2.28. The van der Waals surface area contributed by atoms with Crippen LogP contribution in [0.5, 0.6) is 11.5 Å². The lowest BCUT2D eigenvalue weighted by atomic mass is 10.1. The fourth-order valence-electron chi connectivity index (χ4n) is 2.69. The molecule has 154 valence electrons. The molecular formula is C22H17Br2NO4S. The van der Waals surface area contributed by atoms with Crippen molar-refractivity contribution in [3.05, 3.63) is 61.4 Å². The number of benzene rings is 2. The summed E-state index contributed by atoms with van der Waals surface area (Å²) in [5.41, 5.74) is 1.71. The SMILES string of the molecule is C#CCN1C(=O)S/C(=C/c2cc(Br)c(OCc3ccc(Br)cc3)c(OCC)c2)C1=O. The van der Waals surface area contributed by atoms with Gasteiger partial charge >= 0.3 is 0 Å². The van der Waals surface area contributed by atoms with Gasteiger partial charge in [-0.05, 0) is 76.1 Å². The Labute approximate surface area is 196 Å². The highest BCUT2D eigenvalue weighted by atomic mass is 79.9. The van der Waals surface area contributed by atoms with Crippen molar-refractivity contribution in [3.63, 3.8) is 0 Å². The van der Waals surface area contributed by atoms with Crippen molar-refractivity contribution in [2.45, 2.75) is 13.5 Å². The number of nitrogens with zero attached hydrogens (tertiary/aromatic N) is 1. The summed E-state index contributed by atoms with van der Waals surface area (Å²) in [4.78, 5) is 25.7. The number of carbonyl (C=O) groups is 2. The zero-order chi connectivity index (χ0) is 21.7. The van der Waals surface area contributed by atoms with E-state index in [1.165, 1.54) is 0 Å². The number of carbonyl (C=O) groups excluding carboxylic acids is 2. The summed E-state index contributed by atoms with van der Waals surface area (Å²) in [6.45, 7) is 2.66. The maximum atomic E-state index is 12.4. The van der Waals surface area contributed by atoms with Crippen LogP contribution in [0.15, 0.2) is 50.2 Å². The summed E-state index contributed by atoms with van der Waals surface area (Å²) >= 11 is 7.81. The lowest BCUT2D eigenvalue weighted by Gasteiger charge is -2.15. The predicted molar refractivity (Wildman–Crippen MR) is 125 cm³/mol. The third-order valence-corrected chi connectivity index (χ3v) is 6.07. The number of rotatable bonds is 7. The molecule has 0 bridgehead atoms. The number of halogens is 2. The molecule has 3 rings (SSSR count). The van der Waals surface area contributed by atoms with Gasteiger partial charge in [-0.15, -0.1) is 6.42 Å². The minimum atomic E-state index is -0.396. The zero-order valence-electron chi connectivity index (χ0n) is 16.0. The van der Waals surface area contributed by atoms with Gasteiger partial charge in [0.2, 0.25) is 0 Å². The highest BCUT2D eigenvalue weighted by molar-refractivity contribution is 9.10. The Kier molecular flexibility index (Phi) is 7.64. The van der Waals surface area contributed by atoms with E-state index in [0.29, 0.717) is 39.7 Å². The summed E-state index contributed by atoms with van der Waals surface area (Å²) < 4.78 is 13.4. The number of ether oxygens (including phenoxy) is 2. The normalized spacial score (nSPS) is 14.9. The Morgan fingerprint density at radius 1 is 1.17 bits per heavy atom. The average Bonchev–Trinajstić information content (AvgIpc) is 2.97. The molecule has 0 unspecified atom stereocenters. The van der Waals surface area contributed by atoms with E-state index in [-0.39, 0.29) is 11.8 Å². The Balaban J connectivity index is 1.86. The monoisotopic (exact) mass is 549 g/mol. The second-order valence-electron chi connectivity index (χ2n) is 6.15. The van der Waals surface area contributed by atoms with Crippen LogP contribution < -0.4 is 9.47 Å². The first-order valence-corrected chi connectivity index (χ1v) is 11.4. The molecular weight excluding hydrogens is 534 g/mol. The molecule has 0 N–H and O–H groups in total. The minimum absolute atomic E-state index is 0.0429. The zero-order valence-corrected chi connectivity index (χ0v) is 20.0. The topological polar surface area (TPSA) is 55.8 Å². The summed E-state index contributed by atoms with van der Waals surface area (Å²) in [5.74, 6) is 3.04. The fourth-order valence-corrected chi connectivity index (χ4v) is 4.37. The summed E-state index contributed by atoms with van der Waals surface area (Å²) in [6.07, 6.45) is 6.88. The van der Waals surface area contributed by atoms with Crippen molar-refractivity contribution in [2.24, 2.45) is 0 Å². The molecule has 2 amide bonds. The molecule has 1 aliphatic heterocycles. The van der Waals surface area contributed by atoms with E-state index in [2.05, 4.69) is 37.8 Å². The largest absolute Gasteiger partial charge is 0.490 e. The van der Waals surface area contributed by atoms with E-state index in [1.807, 2.05) is 37.3 Å². The van der Waals surface area contributed by atoms with Gasteiger partial charge in [0.25, 0.3) is 11.1 Å². The lowest BCUT2D eigenvalue weighted by molar-refractivity contribution is -0.122. The highest BCUT2D eigenvalue weighted by Gasteiger charge is 2.34. The van der Waals surface area contributed by atoms with Crippen LogP contribution in [-0.4, -0.2) is 29.2 Å². The minimum Gasteiger partial charge on any atom is -0.490 e. The first-order valence-electron chi connectivity index (χ1n) is 8.95. The molecule has 2 aromatic rings. The fraction of sp³-hybridized carbons (Fsp3) is 0.182.